The van der Waals surface area contributed by atoms with E-state index in [1.54, 1.807) is 14.2 Å². The van der Waals surface area contributed by atoms with Gasteiger partial charge in [0.05, 0.1) is 35.7 Å². The van der Waals surface area contributed by atoms with Gasteiger partial charge in [0.1, 0.15) is 11.8 Å². The van der Waals surface area contributed by atoms with Crippen molar-refractivity contribution in [3.05, 3.63) is 106 Å². The highest BCUT2D eigenvalue weighted by Crippen LogP contribution is 2.45. The molecule has 0 saturated carbocycles. The first-order valence-electron chi connectivity index (χ1n) is 24.1. The Hall–Kier alpha value is -5.25. The summed E-state index contributed by atoms with van der Waals surface area (Å²) in [7, 11) is 3.32. The molecule has 1 aliphatic carbocycles. The van der Waals surface area contributed by atoms with E-state index in [9.17, 15) is 32.3 Å². The normalized spacial score (nSPS) is 23.0. The molecule has 3 saturated heterocycles. The number of piperazine rings is 1. The summed E-state index contributed by atoms with van der Waals surface area (Å²) in [5.41, 5.74) is 3.96. The topological polar surface area (TPSA) is 118 Å². The van der Waals surface area contributed by atoms with Gasteiger partial charge in [-0.3, -0.25) is 38.6 Å². The smallest absolute Gasteiger partial charge is 0.395 e. The van der Waals surface area contributed by atoms with Crippen LogP contribution in [0.25, 0.3) is 16.6 Å². The summed E-state index contributed by atoms with van der Waals surface area (Å²) in [6, 6.07) is 21.4. The molecule has 15 heteroatoms. The molecule has 8 rings (SSSR count). The Morgan fingerprint density at radius 1 is 0.912 bits per heavy atom. The number of methoxy groups -OCH3 is 1. The number of amides is 3. The fourth-order valence-corrected chi connectivity index (χ4v) is 11.1. The number of allylic oxidation sites excluding steroid dienone is 2. The quantitative estimate of drug-likeness (QED) is 0.119. The van der Waals surface area contributed by atoms with Crippen LogP contribution in [-0.4, -0.2) is 106 Å². The Kier molecular flexibility index (Phi) is 14.2. The number of alkyl halides is 3. The number of carbonyl (C=O) groups is 3. The first kappa shape index (κ1) is 49.2. The zero-order chi connectivity index (χ0) is 48.6. The molecule has 3 fully saturated rings. The lowest BCUT2D eigenvalue weighted by Gasteiger charge is -2.46. The number of hydrogen-bond acceptors (Lipinski definition) is 8. The van der Waals surface area contributed by atoms with E-state index >= 15 is 0 Å². The van der Waals surface area contributed by atoms with Gasteiger partial charge >= 0.3 is 11.9 Å². The molecule has 366 valence electrons. The average molecular weight is 941 g/mol. The van der Waals surface area contributed by atoms with E-state index in [2.05, 4.69) is 66.5 Å². The number of hydrogen-bond donors (Lipinski definition) is 1. The summed E-state index contributed by atoms with van der Waals surface area (Å²) in [5, 5.41) is 2.35. The SMILES string of the molecule is COc1ccc([C@]2(CCN(Cc3ccc(C4=CCC(CN5CCN(Cc6ccc7c(c6)n(C)c(=O)n7C6CCC(=O)NC6=O)CC5=O)CC4)cc3)CC(C)(C)C(F)(F)F)CCOC(C)(C)C2)cc1. The zero-order valence-electron chi connectivity index (χ0n) is 40.4. The fraction of sp³-hybridized carbons (Fsp3) is 0.547. The minimum atomic E-state index is -4.35. The standard InChI is InChI=1S/C53H67F3N6O6/c1-50(2,53(54,55)56)35-60(25-23-52(24-28-68-51(3,4)34-52)41-16-18-42(67-6)19-17-41)30-36-7-12-39(13-8-36)40-14-9-37(10-15-40)32-61-27-26-59(33-47(61)64)31-38-11-20-43-45(29-38)58(5)49(66)62(43)44-21-22-46(63)57-48(44)65/h7-8,11-14,16-20,29,37,44H,9-10,15,21-28,30-35H2,1-6H3,(H,57,63,65)/t37?,44?,52-/m1/s1. The highest BCUT2D eigenvalue weighted by atomic mass is 19.4. The molecule has 3 aromatic carbocycles. The summed E-state index contributed by atoms with van der Waals surface area (Å²) in [6.07, 6.45) is 3.33. The van der Waals surface area contributed by atoms with Gasteiger partial charge in [-0.2, -0.15) is 13.2 Å². The second-order valence-electron chi connectivity index (χ2n) is 21.0. The monoisotopic (exact) mass is 941 g/mol. The predicted molar refractivity (Wildman–Crippen MR) is 256 cm³/mol. The van der Waals surface area contributed by atoms with Crippen LogP contribution in [0.15, 0.2) is 77.6 Å². The van der Waals surface area contributed by atoms with Crippen LogP contribution < -0.4 is 15.7 Å². The third kappa shape index (κ3) is 10.8. The average Bonchev–Trinajstić information content (AvgIpc) is 3.53. The minimum absolute atomic E-state index is 0.0965. The predicted octanol–water partition coefficient (Wildman–Crippen LogP) is 8.16. The van der Waals surface area contributed by atoms with Crippen molar-refractivity contribution in [3.8, 4) is 5.75 Å². The van der Waals surface area contributed by atoms with Gasteiger partial charge in [-0.25, -0.2) is 4.79 Å². The van der Waals surface area contributed by atoms with Crippen molar-refractivity contribution >= 4 is 34.3 Å². The van der Waals surface area contributed by atoms with Gasteiger partial charge in [-0.1, -0.05) is 48.5 Å². The third-order valence-corrected chi connectivity index (χ3v) is 15.0. The second-order valence-corrected chi connectivity index (χ2v) is 21.0. The van der Waals surface area contributed by atoms with Gasteiger partial charge < -0.3 is 14.4 Å². The van der Waals surface area contributed by atoms with E-state index in [1.807, 2.05) is 40.1 Å². The van der Waals surface area contributed by atoms with E-state index in [1.165, 1.54) is 28.6 Å². The Balaban J connectivity index is 0.863. The van der Waals surface area contributed by atoms with Gasteiger partial charge in [0.25, 0.3) is 0 Å². The van der Waals surface area contributed by atoms with E-state index in [4.69, 9.17) is 9.47 Å². The van der Waals surface area contributed by atoms with Crippen LogP contribution in [0, 0.1) is 11.3 Å². The first-order chi connectivity index (χ1) is 32.2. The number of piperidine rings is 1. The largest absolute Gasteiger partial charge is 0.497 e. The van der Waals surface area contributed by atoms with Gasteiger partial charge in [0, 0.05) is 64.8 Å². The molecule has 4 aliphatic rings. The van der Waals surface area contributed by atoms with Crippen LogP contribution >= 0.6 is 0 Å². The van der Waals surface area contributed by atoms with Crippen molar-refractivity contribution in [2.45, 2.75) is 115 Å². The Morgan fingerprint density at radius 3 is 2.29 bits per heavy atom. The lowest BCUT2D eigenvalue weighted by molar-refractivity contribution is -0.217. The number of aryl methyl sites for hydroxylation is 1. The number of ether oxygens (including phenoxy) is 2. The number of nitrogens with one attached hydrogen (secondary N) is 1. The number of aromatic nitrogens is 2. The molecule has 0 radical (unpaired) electrons. The molecule has 1 aromatic heterocycles. The molecule has 68 heavy (non-hydrogen) atoms. The summed E-state index contributed by atoms with van der Waals surface area (Å²) in [4.78, 5) is 57.1. The number of nitrogens with zero attached hydrogens (tertiary/aromatic N) is 5. The highest BCUT2D eigenvalue weighted by Gasteiger charge is 2.49. The first-order valence-corrected chi connectivity index (χ1v) is 24.1. The Morgan fingerprint density at radius 2 is 1.65 bits per heavy atom. The van der Waals surface area contributed by atoms with Crippen molar-refractivity contribution in [1.29, 1.82) is 0 Å². The van der Waals surface area contributed by atoms with E-state index in [0.717, 1.165) is 66.7 Å². The molecule has 3 amide bonds. The molecule has 3 atom stereocenters. The van der Waals surface area contributed by atoms with Crippen molar-refractivity contribution in [2.24, 2.45) is 18.4 Å². The number of halogens is 3. The van der Waals surface area contributed by atoms with Crippen LogP contribution in [0.5, 0.6) is 5.75 Å². The van der Waals surface area contributed by atoms with Gasteiger partial charge in [0.15, 0.2) is 0 Å². The molecule has 2 unspecified atom stereocenters. The van der Waals surface area contributed by atoms with Crippen molar-refractivity contribution in [2.75, 3.05) is 53.0 Å². The number of imidazole rings is 1. The number of rotatable bonds is 15. The lowest BCUT2D eigenvalue weighted by atomic mass is 9.67. The van der Waals surface area contributed by atoms with Gasteiger partial charge in [-0.15, -0.1) is 0 Å². The molecular weight excluding hydrogens is 874 g/mol. The molecule has 4 aromatic rings. The summed E-state index contributed by atoms with van der Waals surface area (Å²) in [5.74, 6) is 0.410. The van der Waals surface area contributed by atoms with Crippen LogP contribution in [-0.2, 0) is 44.7 Å². The number of fused-ring (bicyclic) bond motifs is 1. The third-order valence-electron chi connectivity index (χ3n) is 15.0. The summed E-state index contributed by atoms with van der Waals surface area (Å²) in [6.45, 7) is 11.0. The molecule has 4 heterocycles. The van der Waals surface area contributed by atoms with E-state index < -0.39 is 23.5 Å². The van der Waals surface area contributed by atoms with Crippen LogP contribution in [0.3, 0.4) is 0 Å². The van der Waals surface area contributed by atoms with Crippen LogP contribution in [0.2, 0.25) is 0 Å². The van der Waals surface area contributed by atoms with Crippen molar-refractivity contribution in [1.82, 2.24) is 29.2 Å². The van der Waals surface area contributed by atoms with Crippen LogP contribution in [0.1, 0.15) is 107 Å². The Labute approximate surface area is 397 Å². The molecule has 0 spiro atoms. The van der Waals surface area contributed by atoms with Crippen LogP contribution in [0.4, 0.5) is 13.2 Å². The Bertz CT molecular complexity index is 2580. The minimum Gasteiger partial charge on any atom is -0.497 e. The molecule has 1 N–H and O–H groups in total. The summed E-state index contributed by atoms with van der Waals surface area (Å²) >= 11 is 0. The lowest BCUT2D eigenvalue weighted by Crippen LogP contribution is -2.51. The number of carbonyl (C=O) groups excluding carboxylic acids is 3. The summed E-state index contributed by atoms with van der Waals surface area (Å²) < 4.78 is 57.7. The van der Waals surface area contributed by atoms with E-state index in [0.29, 0.717) is 69.2 Å². The molecule has 3 aliphatic heterocycles. The molecular formula is C53H67F3N6O6. The van der Waals surface area contributed by atoms with E-state index in [-0.39, 0.29) is 47.9 Å². The highest BCUT2D eigenvalue weighted by molar-refractivity contribution is 6.00. The fourth-order valence-electron chi connectivity index (χ4n) is 11.1. The molecule has 12 nitrogen and oxygen atoms in total. The molecule has 0 bridgehead atoms. The second kappa shape index (κ2) is 19.6. The van der Waals surface area contributed by atoms with Crippen molar-refractivity contribution < 1.29 is 37.0 Å². The maximum Gasteiger partial charge on any atom is 0.395 e. The maximum absolute atomic E-state index is 14.4. The number of benzene rings is 3. The van der Waals surface area contributed by atoms with Crippen molar-refractivity contribution in [3.63, 3.8) is 0 Å². The van der Waals surface area contributed by atoms with Gasteiger partial charge in [0.2, 0.25) is 17.7 Å². The zero-order valence-corrected chi connectivity index (χ0v) is 40.4. The maximum atomic E-state index is 14.4. The number of imide groups is 1. The van der Waals surface area contributed by atoms with Gasteiger partial charge in [-0.05, 0) is 137 Å².